The summed E-state index contributed by atoms with van der Waals surface area (Å²) in [7, 11) is 0. The molecule has 1 aliphatic heterocycles. The number of carboxylic acid groups (broad SMARTS) is 1. The van der Waals surface area contributed by atoms with Crippen molar-refractivity contribution in [1.82, 2.24) is 4.90 Å². The molecule has 1 amide bonds. The number of likely N-dealkylation sites (tertiary alicyclic amines) is 1. The molecule has 5 heteroatoms. The van der Waals surface area contributed by atoms with E-state index in [0.29, 0.717) is 18.9 Å². The van der Waals surface area contributed by atoms with Gasteiger partial charge < -0.3 is 15.1 Å². The first-order valence-electron chi connectivity index (χ1n) is 5.70. The highest BCUT2D eigenvalue weighted by atomic mass is 16.4. The minimum absolute atomic E-state index is 0.0305. The van der Waals surface area contributed by atoms with Crippen molar-refractivity contribution in [3.8, 4) is 0 Å². The van der Waals surface area contributed by atoms with Crippen LogP contribution in [0.3, 0.4) is 0 Å². The zero-order chi connectivity index (χ0) is 12.1. The van der Waals surface area contributed by atoms with E-state index in [-0.39, 0.29) is 18.9 Å². The van der Waals surface area contributed by atoms with Gasteiger partial charge in [0.2, 0.25) is 5.91 Å². The fourth-order valence-electron chi connectivity index (χ4n) is 2.15. The van der Waals surface area contributed by atoms with Crippen LogP contribution in [0.15, 0.2) is 0 Å². The van der Waals surface area contributed by atoms with Crippen molar-refractivity contribution in [3.05, 3.63) is 0 Å². The number of carbonyl (C=O) groups excluding carboxylic acids is 1. The summed E-state index contributed by atoms with van der Waals surface area (Å²) in [4.78, 5) is 23.5. The van der Waals surface area contributed by atoms with Crippen molar-refractivity contribution >= 4 is 11.9 Å². The summed E-state index contributed by atoms with van der Waals surface area (Å²) in [6.07, 6.45) is 1.33. The molecule has 1 aliphatic rings. The van der Waals surface area contributed by atoms with Gasteiger partial charge in [-0.1, -0.05) is 13.3 Å². The van der Waals surface area contributed by atoms with E-state index in [1.54, 1.807) is 4.90 Å². The number of hydrogen-bond acceptors (Lipinski definition) is 3. The van der Waals surface area contributed by atoms with Crippen LogP contribution in [0, 0.1) is 5.92 Å². The molecule has 0 aromatic rings. The lowest BCUT2D eigenvalue weighted by Crippen LogP contribution is -2.34. The standard InChI is InChI=1S/C11H19NO4/c1-2-3-8-4-10(14)12(6-8)7-9(13)5-11(15)16/h8-9,13H,2-7H2,1H3,(H,15,16). The van der Waals surface area contributed by atoms with E-state index in [4.69, 9.17) is 5.11 Å². The van der Waals surface area contributed by atoms with Crippen LogP contribution in [-0.4, -0.2) is 46.2 Å². The van der Waals surface area contributed by atoms with Crippen LogP contribution in [0.4, 0.5) is 0 Å². The fourth-order valence-corrected chi connectivity index (χ4v) is 2.15. The van der Waals surface area contributed by atoms with Crippen LogP contribution in [0.1, 0.15) is 32.6 Å². The van der Waals surface area contributed by atoms with E-state index in [2.05, 4.69) is 6.92 Å². The molecule has 2 N–H and O–H groups in total. The van der Waals surface area contributed by atoms with E-state index in [9.17, 15) is 14.7 Å². The minimum Gasteiger partial charge on any atom is -0.481 e. The molecular weight excluding hydrogens is 210 g/mol. The van der Waals surface area contributed by atoms with E-state index in [1.807, 2.05) is 0 Å². The molecule has 2 unspecified atom stereocenters. The molecule has 0 saturated carbocycles. The maximum absolute atomic E-state index is 11.5. The normalized spacial score (nSPS) is 22.5. The Balaban J connectivity index is 2.37. The van der Waals surface area contributed by atoms with E-state index in [1.165, 1.54) is 0 Å². The first kappa shape index (κ1) is 13.0. The van der Waals surface area contributed by atoms with Gasteiger partial charge in [-0.25, -0.2) is 0 Å². The minimum atomic E-state index is -1.04. The van der Waals surface area contributed by atoms with Crippen LogP contribution < -0.4 is 0 Å². The third-order valence-electron chi connectivity index (χ3n) is 2.83. The summed E-state index contributed by atoms with van der Waals surface area (Å²) in [5, 5.41) is 17.9. The lowest BCUT2D eigenvalue weighted by atomic mass is 10.0. The number of aliphatic carboxylic acids is 1. The molecule has 0 aliphatic carbocycles. The highest BCUT2D eigenvalue weighted by molar-refractivity contribution is 5.78. The summed E-state index contributed by atoms with van der Waals surface area (Å²) in [6, 6.07) is 0. The Labute approximate surface area is 95.1 Å². The van der Waals surface area contributed by atoms with Gasteiger partial charge in [-0.2, -0.15) is 0 Å². The summed E-state index contributed by atoms with van der Waals surface area (Å²) < 4.78 is 0. The summed E-state index contributed by atoms with van der Waals surface area (Å²) >= 11 is 0. The number of amides is 1. The Hall–Kier alpha value is -1.10. The molecule has 16 heavy (non-hydrogen) atoms. The van der Waals surface area contributed by atoms with Crippen LogP contribution in [0.25, 0.3) is 0 Å². The van der Waals surface area contributed by atoms with Crippen molar-refractivity contribution in [2.75, 3.05) is 13.1 Å². The molecule has 5 nitrogen and oxygen atoms in total. The molecule has 0 bridgehead atoms. The Morgan fingerprint density at radius 3 is 2.88 bits per heavy atom. The van der Waals surface area contributed by atoms with Crippen molar-refractivity contribution in [1.29, 1.82) is 0 Å². The number of rotatable bonds is 6. The molecule has 1 saturated heterocycles. The van der Waals surface area contributed by atoms with Crippen molar-refractivity contribution in [3.63, 3.8) is 0 Å². The second-order valence-electron chi connectivity index (χ2n) is 4.41. The number of nitrogens with zero attached hydrogens (tertiary/aromatic N) is 1. The second kappa shape index (κ2) is 5.84. The van der Waals surface area contributed by atoms with Gasteiger partial charge in [0.1, 0.15) is 0 Å². The number of carbonyl (C=O) groups is 2. The van der Waals surface area contributed by atoms with E-state index < -0.39 is 12.1 Å². The molecule has 92 valence electrons. The predicted octanol–water partition coefficient (Wildman–Crippen LogP) is 0.471. The third-order valence-corrected chi connectivity index (χ3v) is 2.83. The largest absolute Gasteiger partial charge is 0.481 e. The summed E-state index contributed by atoms with van der Waals surface area (Å²) in [5.41, 5.74) is 0. The maximum atomic E-state index is 11.5. The van der Waals surface area contributed by atoms with Gasteiger partial charge in [-0.3, -0.25) is 9.59 Å². The van der Waals surface area contributed by atoms with Crippen molar-refractivity contribution in [2.45, 2.75) is 38.7 Å². The zero-order valence-electron chi connectivity index (χ0n) is 9.56. The smallest absolute Gasteiger partial charge is 0.306 e. The van der Waals surface area contributed by atoms with Crippen LogP contribution in [0.5, 0.6) is 0 Å². The molecule has 0 aromatic heterocycles. The summed E-state index contributed by atoms with van der Waals surface area (Å²) in [6.45, 7) is 2.88. The highest BCUT2D eigenvalue weighted by Crippen LogP contribution is 2.22. The third kappa shape index (κ3) is 3.81. The quantitative estimate of drug-likeness (QED) is 0.694. The van der Waals surface area contributed by atoms with Gasteiger partial charge in [0.05, 0.1) is 12.5 Å². The zero-order valence-corrected chi connectivity index (χ0v) is 9.56. The Morgan fingerprint density at radius 1 is 1.62 bits per heavy atom. The first-order valence-corrected chi connectivity index (χ1v) is 5.70. The number of aliphatic hydroxyl groups is 1. The topological polar surface area (TPSA) is 77.8 Å². The lowest BCUT2D eigenvalue weighted by Gasteiger charge is -2.19. The maximum Gasteiger partial charge on any atom is 0.306 e. The molecule has 1 fully saturated rings. The average molecular weight is 229 g/mol. The molecule has 2 atom stereocenters. The SMILES string of the molecule is CCCC1CC(=O)N(CC(O)CC(=O)O)C1. The van der Waals surface area contributed by atoms with Gasteiger partial charge in [-0.15, -0.1) is 0 Å². The predicted molar refractivity (Wildman–Crippen MR) is 57.9 cm³/mol. The van der Waals surface area contributed by atoms with E-state index in [0.717, 1.165) is 12.8 Å². The van der Waals surface area contributed by atoms with Crippen molar-refractivity contribution in [2.24, 2.45) is 5.92 Å². The molecule has 1 rings (SSSR count). The Morgan fingerprint density at radius 2 is 2.31 bits per heavy atom. The molecule has 0 radical (unpaired) electrons. The molecular formula is C11H19NO4. The summed E-state index contributed by atoms with van der Waals surface area (Å²) in [5.74, 6) is -0.637. The number of hydrogen-bond donors (Lipinski definition) is 2. The van der Waals surface area contributed by atoms with Crippen molar-refractivity contribution < 1.29 is 19.8 Å². The van der Waals surface area contributed by atoms with Crippen LogP contribution in [0.2, 0.25) is 0 Å². The molecule has 0 aromatic carbocycles. The fraction of sp³-hybridized carbons (Fsp3) is 0.818. The van der Waals surface area contributed by atoms with Crippen LogP contribution >= 0.6 is 0 Å². The first-order chi connectivity index (χ1) is 7.52. The Kier molecular flexibility index (Phi) is 4.73. The van der Waals surface area contributed by atoms with Gasteiger partial charge in [0, 0.05) is 19.5 Å². The lowest BCUT2D eigenvalue weighted by molar-refractivity contribution is -0.140. The van der Waals surface area contributed by atoms with Gasteiger partial charge in [-0.05, 0) is 12.3 Å². The van der Waals surface area contributed by atoms with Gasteiger partial charge in [0.15, 0.2) is 0 Å². The van der Waals surface area contributed by atoms with Crippen LogP contribution in [-0.2, 0) is 9.59 Å². The van der Waals surface area contributed by atoms with E-state index >= 15 is 0 Å². The Bertz CT molecular complexity index is 267. The number of aliphatic hydroxyl groups excluding tert-OH is 1. The molecule has 1 heterocycles. The highest BCUT2D eigenvalue weighted by Gasteiger charge is 2.30. The number of carboxylic acids is 1. The average Bonchev–Trinajstić information content (AvgIpc) is 2.46. The monoisotopic (exact) mass is 229 g/mol. The molecule has 0 spiro atoms. The van der Waals surface area contributed by atoms with Gasteiger partial charge >= 0.3 is 5.97 Å². The number of β-amino-alcohol motifs (C(OH)–C–C–N with tert-alkyl or cyclic N) is 1. The van der Waals surface area contributed by atoms with Gasteiger partial charge in [0.25, 0.3) is 0 Å². The second-order valence-corrected chi connectivity index (χ2v) is 4.41.